The van der Waals surface area contributed by atoms with Gasteiger partial charge >= 0.3 is 5.97 Å². The van der Waals surface area contributed by atoms with Crippen LogP contribution in [0.5, 0.6) is 5.75 Å². The first-order valence-corrected chi connectivity index (χ1v) is 11.7. The molecule has 0 aliphatic rings. The van der Waals surface area contributed by atoms with Gasteiger partial charge in [0.15, 0.2) is 0 Å². The first-order valence-electron chi connectivity index (χ1n) is 9.78. The van der Waals surface area contributed by atoms with Gasteiger partial charge < -0.3 is 14.8 Å². The molecule has 0 aliphatic carbocycles. The van der Waals surface area contributed by atoms with Crippen LogP contribution in [0.25, 0.3) is 6.08 Å². The van der Waals surface area contributed by atoms with Crippen molar-refractivity contribution in [1.82, 2.24) is 0 Å². The second-order valence-electron chi connectivity index (χ2n) is 6.92. The number of hydrogen-bond donors (Lipinski definition) is 1. The Hall–Kier alpha value is -3.12. The number of nitriles is 1. The molecule has 1 N–H and O–H groups in total. The van der Waals surface area contributed by atoms with Crippen LogP contribution < -0.4 is 10.1 Å². The van der Waals surface area contributed by atoms with Crippen molar-refractivity contribution < 1.29 is 19.1 Å². The largest absolute Gasteiger partial charge is 0.487 e. The molecule has 172 valence electrons. The second kappa shape index (κ2) is 11.8. The predicted molar refractivity (Wildman–Crippen MR) is 138 cm³/mol. The van der Waals surface area contributed by atoms with E-state index in [1.54, 1.807) is 36.4 Å². The van der Waals surface area contributed by atoms with Crippen LogP contribution in [-0.4, -0.2) is 19.0 Å². The van der Waals surface area contributed by atoms with Crippen LogP contribution in [0.2, 0.25) is 5.02 Å². The number of benzene rings is 3. The summed E-state index contributed by atoms with van der Waals surface area (Å²) in [5.74, 6) is -0.627. The number of carbonyl (C=O) groups excluding carboxylic acids is 2. The molecule has 34 heavy (non-hydrogen) atoms. The van der Waals surface area contributed by atoms with E-state index < -0.39 is 11.9 Å². The summed E-state index contributed by atoms with van der Waals surface area (Å²) in [7, 11) is 1.29. The number of rotatable bonds is 7. The minimum absolute atomic E-state index is 0.130. The van der Waals surface area contributed by atoms with Crippen LogP contribution in [-0.2, 0) is 16.1 Å². The fourth-order valence-electron chi connectivity index (χ4n) is 2.93. The average molecular weight is 605 g/mol. The number of ether oxygens (including phenoxy) is 2. The van der Waals surface area contributed by atoms with Gasteiger partial charge in [0.2, 0.25) is 0 Å². The molecule has 0 spiro atoms. The van der Waals surface area contributed by atoms with Crippen molar-refractivity contribution >= 4 is 67.1 Å². The molecular weight excluding hydrogens is 588 g/mol. The molecule has 0 saturated heterocycles. The third kappa shape index (κ3) is 6.70. The molecule has 0 aliphatic heterocycles. The minimum Gasteiger partial charge on any atom is -0.487 e. The molecule has 0 aromatic heterocycles. The van der Waals surface area contributed by atoms with E-state index >= 15 is 0 Å². The monoisotopic (exact) mass is 602 g/mol. The highest BCUT2D eigenvalue weighted by molar-refractivity contribution is 9.11. The van der Waals surface area contributed by atoms with Gasteiger partial charge in [-0.1, -0.05) is 39.7 Å². The molecule has 0 bridgehead atoms. The van der Waals surface area contributed by atoms with Gasteiger partial charge in [0, 0.05) is 20.7 Å². The molecule has 3 rings (SSSR count). The van der Waals surface area contributed by atoms with E-state index in [-0.39, 0.29) is 12.2 Å². The van der Waals surface area contributed by atoms with Crippen molar-refractivity contribution in [3.8, 4) is 11.8 Å². The number of methoxy groups -OCH3 is 1. The summed E-state index contributed by atoms with van der Waals surface area (Å²) in [5.41, 5.74) is 2.03. The quantitative estimate of drug-likeness (QED) is 0.183. The average Bonchev–Trinajstić information content (AvgIpc) is 2.81. The molecule has 0 atom stereocenters. The summed E-state index contributed by atoms with van der Waals surface area (Å²) >= 11 is 13.0. The van der Waals surface area contributed by atoms with Crippen LogP contribution >= 0.6 is 43.5 Å². The lowest BCUT2D eigenvalue weighted by molar-refractivity contribution is -0.112. The van der Waals surface area contributed by atoms with Gasteiger partial charge in [-0.2, -0.15) is 5.26 Å². The smallest absolute Gasteiger partial charge is 0.337 e. The third-order valence-corrected chi connectivity index (χ3v) is 5.82. The van der Waals surface area contributed by atoms with Gasteiger partial charge in [-0.15, -0.1) is 0 Å². The molecule has 3 aromatic rings. The number of amides is 1. The minimum atomic E-state index is -0.606. The summed E-state index contributed by atoms with van der Waals surface area (Å²) < 4.78 is 12.0. The van der Waals surface area contributed by atoms with Gasteiger partial charge in [-0.25, -0.2) is 4.79 Å². The zero-order valence-electron chi connectivity index (χ0n) is 17.8. The Balaban J connectivity index is 1.84. The maximum atomic E-state index is 12.7. The number of esters is 1. The lowest BCUT2D eigenvalue weighted by Crippen LogP contribution is -2.13. The number of halogens is 3. The number of anilines is 1. The fraction of sp³-hybridized carbons (Fsp3) is 0.0800. The zero-order valence-corrected chi connectivity index (χ0v) is 21.7. The summed E-state index contributed by atoms with van der Waals surface area (Å²) in [6, 6.07) is 18.9. The van der Waals surface area contributed by atoms with Gasteiger partial charge in [-0.05, 0) is 76.1 Å². The van der Waals surface area contributed by atoms with E-state index in [1.807, 2.05) is 18.2 Å². The first-order chi connectivity index (χ1) is 16.3. The van der Waals surface area contributed by atoms with E-state index in [0.29, 0.717) is 32.1 Å². The van der Waals surface area contributed by atoms with Crippen molar-refractivity contribution in [2.24, 2.45) is 0 Å². The summed E-state index contributed by atoms with van der Waals surface area (Å²) in [6.07, 6.45) is 1.45. The van der Waals surface area contributed by atoms with Crippen molar-refractivity contribution in [2.45, 2.75) is 6.61 Å². The van der Waals surface area contributed by atoms with Crippen LogP contribution in [0.15, 0.2) is 75.2 Å². The fourth-order valence-corrected chi connectivity index (χ4v) is 4.52. The van der Waals surface area contributed by atoms with Gasteiger partial charge in [0.25, 0.3) is 5.91 Å². The summed E-state index contributed by atoms with van der Waals surface area (Å²) in [6.45, 7) is 0.238. The van der Waals surface area contributed by atoms with Crippen LogP contribution in [0.1, 0.15) is 21.5 Å². The third-order valence-electron chi connectivity index (χ3n) is 4.54. The molecule has 0 heterocycles. The zero-order chi connectivity index (χ0) is 24.7. The molecule has 1 amide bonds. The molecule has 3 aromatic carbocycles. The second-order valence-corrected chi connectivity index (χ2v) is 9.12. The molecular formula is C25H17Br2ClN2O4. The highest BCUT2D eigenvalue weighted by atomic mass is 79.9. The molecule has 0 unspecified atom stereocenters. The van der Waals surface area contributed by atoms with Crippen molar-refractivity contribution in [1.29, 1.82) is 5.26 Å². The maximum absolute atomic E-state index is 12.7. The number of nitrogens with zero attached hydrogens (tertiary/aromatic N) is 1. The Morgan fingerprint density at radius 3 is 2.50 bits per heavy atom. The van der Waals surface area contributed by atoms with E-state index in [1.165, 1.54) is 25.3 Å². The Morgan fingerprint density at radius 2 is 1.85 bits per heavy atom. The van der Waals surface area contributed by atoms with Crippen molar-refractivity contribution in [2.75, 3.05) is 12.4 Å². The lowest BCUT2D eigenvalue weighted by Gasteiger charge is -2.13. The Bertz CT molecular complexity index is 1300. The standard InChI is InChI=1S/C25H17Br2ClN2O4/c1-33-25(32)16-5-7-21(8-6-16)30-24(31)18(13-29)10-17-11-19(26)12-22(27)23(17)34-14-15-3-2-4-20(28)9-15/h2-12H,14H2,1H3,(H,30,31)/b18-10+. The van der Waals surface area contributed by atoms with Crippen LogP contribution in [0.3, 0.4) is 0 Å². The highest BCUT2D eigenvalue weighted by Gasteiger charge is 2.15. The number of hydrogen-bond acceptors (Lipinski definition) is 5. The Labute approximate surface area is 218 Å². The van der Waals surface area contributed by atoms with Crippen LogP contribution in [0.4, 0.5) is 5.69 Å². The lowest BCUT2D eigenvalue weighted by atomic mass is 10.1. The summed E-state index contributed by atoms with van der Waals surface area (Å²) in [5, 5.41) is 12.9. The van der Waals surface area contributed by atoms with E-state index in [0.717, 1.165) is 10.0 Å². The van der Waals surface area contributed by atoms with Crippen LogP contribution in [0, 0.1) is 11.3 Å². The van der Waals surface area contributed by atoms with Crippen molar-refractivity contribution in [3.63, 3.8) is 0 Å². The Kier molecular flexibility index (Phi) is 8.88. The van der Waals surface area contributed by atoms with E-state index in [9.17, 15) is 14.9 Å². The van der Waals surface area contributed by atoms with Gasteiger partial charge in [-0.3, -0.25) is 4.79 Å². The SMILES string of the molecule is COC(=O)c1ccc(NC(=O)/C(C#N)=C/c2cc(Br)cc(Br)c2OCc2cccc(Cl)c2)cc1. The normalized spacial score (nSPS) is 10.9. The van der Waals surface area contributed by atoms with E-state index in [4.69, 9.17) is 16.3 Å². The first kappa shape index (κ1) is 25.5. The molecule has 6 nitrogen and oxygen atoms in total. The Morgan fingerprint density at radius 1 is 1.12 bits per heavy atom. The van der Waals surface area contributed by atoms with Gasteiger partial charge in [0.05, 0.1) is 17.1 Å². The number of carbonyl (C=O) groups is 2. The van der Waals surface area contributed by atoms with Gasteiger partial charge in [0.1, 0.15) is 24.0 Å². The van der Waals surface area contributed by atoms with E-state index in [2.05, 4.69) is 41.9 Å². The highest BCUT2D eigenvalue weighted by Crippen LogP contribution is 2.35. The topological polar surface area (TPSA) is 88.4 Å². The maximum Gasteiger partial charge on any atom is 0.337 e. The molecule has 9 heteroatoms. The molecule has 0 radical (unpaired) electrons. The summed E-state index contributed by atoms with van der Waals surface area (Å²) in [4.78, 5) is 24.3. The number of nitrogens with one attached hydrogen (secondary N) is 1. The van der Waals surface area contributed by atoms with Crippen molar-refractivity contribution in [3.05, 3.63) is 96.9 Å². The molecule has 0 fully saturated rings. The predicted octanol–water partition coefficient (Wildman–Crippen LogP) is 6.78. The molecule has 0 saturated carbocycles.